The van der Waals surface area contributed by atoms with Gasteiger partial charge in [-0.05, 0) is 18.9 Å². The van der Waals surface area contributed by atoms with Gasteiger partial charge in [0.25, 0.3) is 0 Å². The van der Waals surface area contributed by atoms with Crippen LogP contribution in [0.15, 0.2) is 18.2 Å². The van der Waals surface area contributed by atoms with Gasteiger partial charge in [-0.3, -0.25) is 0 Å². The van der Waals surface area contributed by atoms with Crippen molar-refractivity contribution < 1.29 is 9.47 Å². The molecular weight excluding hydrogens is 202 g/mol. The highest BCUT2D eigenvalue weighted by Gasteiger charge is 2.47. The van der Waals surface area contributed by atoms with Crippen molar-refractivity contribution in [1.29, 1.82) is 0 Å². The van der Waals surface area contributed by atoms with Gasteiger partial charge in [0.05, 0.1) is 12.7 Å². The van der Waals surface area contributed by atoms with E-state index >= 15 is 0 Å². The highest BCUT2D eigenvalue weighted by Crippen LogP contribution is 2.45. The summed E-state index contributed by atoms with van der Waals surface area (Å²) < 4.78 is 11.9. The van der Waals surface area contributed by atoms with Crippen molar-refractivity contribution in [2.45, 2.75) is 31.7 Å². The van der Waals surface area contributed by atoms with Crippen molar-refractivity contribution >= 4 is 0 Å². The Morgan fingerprint density at radius 1 is 1.50 bits per heavy atom. The molecule has 1 spiro atoms. The van der Waals surface area contributed by atoms with Crippen LogP contribution < -0.4 is 5.73 Å². The fourth-order valence-corrected chi connectivity index (χ4v) is 2.65. The first-order valence-electron chi connectivity index (χ1n) is 5.85. The van der Waals surface area contributed by atoms with Crippen LogP contribution in [0.5, 0.6) is 0 Å². The van der Waals surface area contributed by atoms with Gasteiger partial charge in [-0.15, -0.1) is 0 Å². The first-order chi connectivity index (χ1) is 7.73. The average Bonchev–Trinajstić information content (AvgIpc) is 2.86. The van der Waals surface area contributed by atoms with Gasteiger partial charge < -0.3 is 15.2 Å². The summed E-state index contributed by atoms with van der Waals surface area (Å²) in [6, 6.07) is 6.51. The van der Waals surface area contributed by atoms with Gasteiger partial charge in [-0.25, -0.2) is 0 Å². The number of rotatable bonds is 1. The van der Waals surface area contributed by atoms with E-state index in [1.807, 2.05) is 0 Å². The maximum absolute atomic E-state index is 5.99. The lowest BCUT2D eigenvalue weighted by Gasteiger charge is -2.24. The minimum atomic E-state index is -0.495. The number of nitrogens with two attached hydrogens (primary N) is 1. The van der Waals surface area contributed by atoms with Crippen molar-refractivity contribution in [3.05, 3.63) is 34.9 Å². The molecule has 0 amide bonds. The molecule has 1 aromatic carbocycles. The third kappa shape index (κ3) is 1.39. The molecule has 0 radical (unpaired) electrons. The maximum Gasteiger partial charge on any atom is 0.195 e. The largest absolute Gasteiger partial charge is 0.343 e. The molecule has 1 fully saturated rings. The lowest BCUT2D eigenvalue weighted by molar-refractivity contribution is -0.173. The molecule has 3 heteroatoms. The zero-order chi connectivity index (χ0) is 11.2. The van der Waals surface area contributed by atoms with E-state index < -0.39 is 5.79 Å². The standard InChI is InChI=1S/C13H17NO2/c1-9-2-3-10-4-5-13(12(10)6-9)15-8-11(7-14)16-13/h2-3,6,11H,4-5,7-8,14H2,1H3. The Balaban J connectivity index is 1.99. The summed E-state index contributed by atoms with van der Waals surface area (Å²) in [7, 11) is 0. The molecule has 2 atom stereocenters. The van der Waals surface area contributed by atoms with E-state index in [9.17, 15) is 0 Å². The molecule has 0 bridgehead atoms. The zero-order valence-electron chi connectivity index (χ0n) is 9.53. The van der Waals surface area contributed by atoms with E-state index in [0.717, 1.165) is 12.8 Å². The van der Waals surface area contributed by atoms with Crippen LogP contribution in [-0.2, 0) is 21.7 Å². The molecule has 1 aliphatic carbocycles. The molecule has 2 N–H and O–H groups in total. The van der Waals surface area contributed by atoms with Crippen LogP contribution in [0.4, 0.5) is 0 Å². The molecule has 0 saturated carbocycles. The molecule has 1 aliphatic heterocycles. The molecule has 2 unspecified atom stereocenters. The summed E-state index contributed by atoms with van der Waals surface area (Å²) in [6.07, 6.45) is 2.00. The molecule has 86 valence electrons. The quantitative estimate of drug-likeness (QED) is 0.778. The lowest BCUT2D eigenvalue weighted by Crippen LogP contribution is -2.28. The van der Waals surface area contributed by atoms with Crippen molar-refractivity contribution in [3.8, 4) is 0 Å². The van der Waals surface area contributed by atoms with Gasteiger partial charge in [0.1, 0.15) is 0 Å². The van der Waals surface area contributed by atoms with Crippen LogP contribution in [0.3, 0.4) is 0 Å². The van der Waals surface area contributed by atoms with Crippen molar-refractivity contribution in [1.82, 2.24) is 0 Å². The molecular formula is C13H17NO2. The maximum atomic E-state index is 5.99. The lowest BCUT2D eigenvalue weighted by atomic mass is 10.0. The third-order valence-electron chi connectivity index (χ3n) is 3.52. The van der Waals surface area contributed by atoms with Crippen LogP contribution >= 0.6 is 0 Å². The molecule has 1 aromatic rings. The SMILES string of the molecule is Cc1ccc2c(c1)C1(CC2)OCC(CN)O1. The Bertz CT molecular complexity index is 418. The fourth-order valence-electron chi connectivity index (χ4n) is 2.65. The van der Waals surface area contributed by atoms with Crippen LogP contribution in [-0.4, -0.2) is 19.3 Å². The van der Waals surface area contributed by atoms with Gasteiger partial charge in [-0.2, -0.15) is 0 Å². The summed E-state index contributed by atoms with van der Waals surface area (Å²) in [5.41, 5.74) is 9.44. The fraction of sp³-hybridized carbons (Fsp3) is 0.538. The smallest absolute Gasteiger partial charge is 0.195 e. The number of benzene rings is 1. The minimum Gasteiger partial charge on any atom is -0.343 e. The normalized spacial score (nSPS) is 32.2. The molecule has 0 aromatic heterocycles. The Morgan fingerprint density at radius 3 is 3.12 bits per heavy atom. The van der Waals surface area contributed by atoms with Crippen molar-refractivity contribution in [2.75, 3.05) is 13.2 Å². The topological polar surface area (TPSA) is 44.5 Å². The summed E-state index contributed by atoms with van der Waals surface area (Å²) in [5.74, 6) is -0.495. The van der Waals surface area contributed by atoms with Gasteiger partial charge in [0.2, 0.25) is 0 Å². The molecule has 3 nitrogen and oxygen atoms in total. The molecule has 3 rings (SSSR count). The molecule has 1 heterocycles. The Kier molecular flexibility index (Phi) is 2.28. The van der Waals surface area contributed by atoms with E-state index in [4.69, 9.17) is 15.2 Å². The van der Waals surface area contributed by atoms with E-state index in [1.165, 1.54) is 16.7 Å². The summed E-state index contributed by atoms with van der Waals surface area (Å²) in [5, 5.41) is 0. The summed E-state index contributed by atoms with van der Waals surface area (Å²) in [6.45, 7) is 3.24. The second kappa shape index (κ2) is 3.55. The first kappa shape index (κ1) is 10.3. The highest BCUT2D eigenvalue weighted by atomic mass is 16.7. The zero-order valence-corrected chi connectivity index (χ0v) is 9.53. The molecule has 16 heavy (non-hydrogen) atoms. The number of aryl methyl sites for hydroxylation is 2. The van der Waals surface area contributed by atoms with E-state index in [0.29, 0.717) is 13.2 Å². The van der Waals surface area contributed by atoms with Crippen molar-refractivity contribution in [3.63, 3.8) is 0 Å². The van der Waals surface area contributed by atoms with Crippen LogP contribution in [0.2, 0.25) is 0 Å². The van der Waals surface area contributed by atoms with Crippen LogP contribution in [0.1, 0.15) is 23.1 Å². The van der Waals surface area contributed by atoms with E-state index in [-0.39, 0.29) is 6.10 Å². The number of fused-ring (bicyclic) bond motifs is 2. The second-order valence-electron chi connectivity index (χ2n) is 4.70. The Morgan fingerprint density at radius 2 is 2.38 bits per heavy atom. The monoisotopic (exact) mass is 219 g/mol. The third-order valence-corrected chi connectivity index (χ3v) is 3.52. The van der Waals surface area contributed by atoms with E-state index in [1.54, 1.807) is 0 Å². The number of ether oxygens (including phenoxy) is 2. The minimum absolute atomic E-state index is 0.0477. The number of hydrogen-bond donors (Lipinski definition) is 1. The van der Waals surface area contributed by atoms with Crippen molar-refractivity contribution in [2.24, 2.45) is 5.73 Å². The predicted molar refractivity (Wildman–Crippen MR) is 61.1 cm³/mol. The van der Waals surface area contributed by atoms with Gasteiger partial charge >= 0.3 is 0 Å². The average molecular weight is 219 g/mol. The second-order valence-corrected chi connectivity index (χ2v) is 4.70. The first-order valence-corrected chi connectivity index (χ1v) is 5.85. The number of hydrogen-bond acceptors (Lipinski definition) is 3. The molecule has 1 saturated heterocycles. The predicted octanol–water partition coefficient (Wildman–Crippen LogP) is 1.47. The summed E-state index contributed by atoms with van der Waals surface area (Å²) in [4.78, 5) is 0. The Hall–Kier alpha value is -0.900. The van der Waals surface area contributed by atoms with Gasteiger partial charge in [-0.1, -0.05) is 23.8 Å². The highest BCUT2D eigenvalue weighted by molar-refractivity contribution is 5.39. The Labute approximate surface area is 95.5 Å². The van der Waals surface area contributed by atoms with E-state index in [2.05, 4.69) is 25.1 Å². The summed E-state index contributed by atoms with van der Waals surface area (Å²) >= 11 is 0. The van der Waals surface area contributed by atoms with Crippen LogP contribution in [0, 0.1) is 6.92 Å². The van der Waals surface area contributed by atoms with Gasteiger partial charge in [0, 0.05) is 18.5 Å². The van der Waals surface area contributed by atoms with Gasteiger partial charge in [0.15, 0.2) is 5.79 Å². The molecule has 2 aliphatic rings. The van der Waals surface area contributed by atoms with Crippen LogP contribution in [0.25, 0.3) is 0 Å².